The zero-order valence-electron chi connectivity index (χ0n) is 12.9. The fraction of sp³-hybridized carbons (Fsp3) is 0.0909. The molecule has 3 rings (SSSR count). The molecule has 0 unspecified atom stereocenters. The van der Waals surface area contributed by atoms with Gasteiger partial charge in [0.05, 0.1) is 6.10 Å². The fourth-order valence-corrected chi connectivity index (χ4v) is 2.71. The number of aliphatic hydroxyl groups is 1. The van der Waals surface area contributed by atoms with Crippen LogP contribution in [-0.4, -0.2) is 5.11 Å². The third kappa shape index (κ3) is 3.97. The SMILES string of the molecule is O[C@H](c1ccccc1)[C@H](/C=C\c1ccccc1)c1ccccc1. The molecule has 0 amide bonds. The van der Waals surface area contributed by atoms with Crippen molar-refractivity contribution in [3.63, 3.8) is 0 Å². The predicted octanol–water partition coefficient (Wildman–Crippen LogP) is 5.22. The summed E-state index contributed by atoms with van der Waals surface area (Å²) in [5.74, 6) is -0.0844. The Hall–Kier alpha value is -2.64. The summed E-state index contributed by atoms with van der Waals surface area (Å²) in [6.45, 7) is 0. The Morgan fingerprint density at radius 3 is 1.65 bits per heavy atom. The Bertz CT molecular complexity index is 733. The molecule has 1 nitrogen and oxygen atoms in total. The van der Waals surface area contributed by atoms with Gasteiger partial charge in [-0.3, -0.25) is 0 Å². The Balaban J connectivity index is 1.93. The molecule has 0 saturated heterocycles. The molecule has 3 aromatic rings. The highest BCUT2D eigenvalue weighted by atomic mass is 16.3. The van der Waals surface area contributed by atoms with Gasteiger partial charge in [0.25, 0.3) is 0 Å². The van der Waals surface area contributed by atoms with Gasteiger partial charge in [0, 0.05) is 5.92 Å². The lowest BCUT2D eigenvalue weighted by Crippen LogP contribution is -2.08. The van der Waals surface area contributed by atoms with Crippen LogP contribution in [0.4, 0.5) is 0 Å². The lowest BCUT2D eigenvalue weighted by atomic mass is 9.88. The fourth-order valence-electron chi connectivity index (χ4n) is 2.71. The van der Waals surface area contributed by atoms with Gasteiger partial charge in [-0.25, -0.2) is 0 Å². The summed E-state index contributed by atoms with van der Waals surface area (Å²) in [5, 5.41) is 10.9. The molecule has 0 aliphatic heterocycles. The third-order valence-electron chi connectivity index (χ3n) is 3.96. The van der Waals surface area contributed by atoms with Crippen LogP contribution in [0.15, 0.2) is 97.1 Å². The summed E-state index contributed by atoms with van der Waals surface area (Å²) in [6, 6.07) is 30.1. The second-order valence-electron chi connectivity index (χ2n) is 5.56. The van der Waals surface area contributed by atoms with Crippen molar-refractivity contribution < 1.29 is 5.11 Å². The summed E-state index contributed by atoms with van der Waals surface area (Å²) in [4.78, 5) is 0. The van der Waals surface area contributed by atoms with Crippen molar-refractivity contribution in [2.45, 2.75) is 12.0 Å². The van der Waals surface area contributed by atoms with Gasteiger partial charge in [0.1, 0.15) is 0 Å². The van der Waals surface area contributed by atoms with Gasteiger partial charge in [-0.1, -0.05) is 103 Å². The minimum atomic E-state index is -0.571. The molecule has 23 heavy (non-hydrogen) atoms. The van der Waals surface area contributed by atoms with E-state index in [9.17, 15) is 5.11 Å². The van der Waals surface area contributed by atoms with E-state index in [1.54, 1.807) is 0 Å². The van der Waals surface area contributed by atoms with Gasteiger partial charge in [0.15, 0.2) is 0 Å². The van der Waals surface area contributed by atoms with E-state index in [2.05, 4.69) is 36.4 Å². The predicted molar refractivity (Wildman–Crippen MR) is 96.1 cm³/mol. The van der Waals surface area contributed by atoms with Crippen LogP contribution in [-0.2, 0) is 0 Å². The van der Waals surface area contributed by atoms with Crippen LogP contribution in [0, 0.1) is 0 Å². The molecule has 3 aromatic carbocycles. The molecule has 1 heteroatoms. The molecule has 1 N–H and O–H groups in total. The van der Waals surface area contributed by atoms with Crippen LogP contribution in [0.3, 0.4) is 0 Å². The van der Waals surface area contributed by atoms with E-state index in [1.165, 1.54) is 0 Å². The van der Waals surface area contributed by atoms with Gasteiger partial charge in [-0.15, -0.1) is 0 Å². The number of hydrogen-bond donors (Lipinski definition) is 1. The highest BCUT2D eigenvalue weighted by molar-refractivity contribution is 5.51. The molecule has 0 radical (unpaired) electrons. The number of rotatable bonds is 5. The second-order valence-corrected chi connectivity index (χ2v) is 5.56. The number of benzene rings is 3. The molecule has 0 aromatic heterocycles. The van der Waals surface area contributed by atoms with Gasteiger partial charge >= 0.3 is 0 Å². The molecule has 0 saturated carbocycles. The summed E-state index contributed by atoms with van der Waals surface area (Å²) in [6.07, 6.45) is 3.59. The van der Waals surface area contributed by atoms with Gasteiger partial charge < -0.3 is 5.11 Å². The maximum absolute atomic E-state index is 10.9. The molecule has 114 valence electrons. The van der Waals surface area contributed by atoms with E-state index in [1.807, 2.05) is 66.7 Å². The Kier molecular flexibility index (Phi) is 5.02. The van der Waals surface area contributed by atoms with E-state index < -0.39 is 6.10 Å². The Morgan fingerprint density at radius 2 is 1.09 bits per heavy atom. The van der Waals surface area contributed by atoms with E-state index in [0.29, 0.717) is 0 Å². The molecule has 2 atom stereocenters. The Morgan fingerprint density at radius 1 is 0.609 bits per heavy atom. The van der Waals surface area contributed by atoms with Crippen molar-refractivity contribution in [3.8, 4) is 0 Å². The average molecular weight is 300 g/mol. The smallest absolute Gasteiger partial charge is 0.0893 e. The van der Waals surface area contributed by atoms with Crippen LogP contribution in [0.1, 0.15) is 28.7 Å². The van der Waals surface area contributed by atoms with Crippen LogP contribution in [0.25, 0.3) is 6.08 Å². The zero-order chi connectivity index (χ0) is 15.9. The molecular formula is C22H20O. The van der Waals surface area contributed by atoms with Crippen molar-refractivity contribution in [2.75, 3.05) is 0 Å². The summed E-state index contributed by atoms with van der Waals surface area (Å²) < 4.78 is 0. The maximum atomic E-state index is 10.9. The standard InChI is InChI=1S/C22H20O/c23-22(20-14-8-3-9-15-20)21(19-12-6-2-7-13-19)17-16-18-10-4-1-5-11-18/h1-17,21-23H/b17-16-/t21-,22-/m1/s1. The largest absolute Gasteiger partial charge is 0.387 e. The normalized spacial score (nSPS) is 13.8. The van der Waals surface area contributed by atoms with Crippen LogP contribution < -0.4 is 0 Å². The molecule has 0 bridgehead atoms. The zero-order valence-corrected chi connectivity index (χ0v) is 12.9. The lowest BCUT2D eigenvalue weighted by molar-refractivity contribution is 0.162. The third-order valence-corrected chi connectivity index (χ3v) is 3.96. The van der Waals surface area contributed by atoms with Crippen molar-refractivity contribution in [1.29, 1.82) is 0 Å². The molecule has 0 aliphatic carbocycles. The average Bonchev–Trinajstić information content (AvgIpc) is 2.64. The van der Waals surface area contributed by atoms with Gasteiger partial charge in [-0.05, 0) is 16.7 Å². The maximum Gasteiger partial charge on any atom is 0.0893 e. The highest BCUT2D eigenvalue weighted by Gasteiger charge is 2.19. The summed E-state index contributed by atoms with van der Waals surface area (Å²) >= 11 is 0. The molecule has 0 heterocycles. The Labute approximate surface area is 137 Å². The van der Waals surface area contributed by atoms with Crippen molar-refractivity contribution >= 4 is 6.08 Å². The first-order chi connectivity index (χ1) is 11.3. The first-order valence-electron chi connectivity index (χ1n) is 7.86. The highest BCUT2D eigenvalue weighted by Crippen LogP contribution is 2.32. The molecule has 0 fully saturated rings. The van der Waals surface area contributed by atoms with Crippen molar-refractivity contribution in [3.05, 3.63) is 114 Å². The second kappa shape index (κ2) is 7.57. The summed E-state index contributed by atoms with van der Waals surface area (Å²) in [7, 11) is 0. The van der Waals surface area contributed by atoms with Crippen LogP contribution in [0.2, 0.25) is 0 Å². The van der Waals surface area contributed by atoms with E-state index in [0.717, 1.165) is 16.7 Å². The molecule has 0 spiro atoms. The van der Waals surface area contributed by atoms with Crippen molar-refractivity contribution in [2.24, 2.45) is 0 Å². The van der Waals surface area contributed by atoms with Crippen molar-refractivity contribution in [1.82, 2.24) is 0 Å². The topological polar surface area (TPSA) is 20.2 Å². The van der Waals surface area contributed by atoms with E-state index >= 15 is 0 Å². The first-order valence-corrected chi connectivity index (χ1v) is 7.86. The number of aliphatic hydroxyl groups excluding tert-OH is 1. The first kappa shape index (κ1) is 15.3. The lowest BCUT2D eigenvalue weighted by Gasteiger charge is -2.21. The van der Waals surface area contributed by atoms with E-state index in [-0.39, 0.29) is 5.92 Å². The van der Waals surface area contributed by atoms with Crippen LogP contribution >= 0.6 is 0 Å². The quantitative estimate of drug-likeness (QED) is 0.685. The molecular weight excluding hydrogens is 280 g/mol. The van der Waals surface area contributed by atoms with Gasteiger partial charge in [0.2, 0.25) is 0 Å². The minimum absolute atomic E-state index is 0.0844. The van der Waals surface area contributed by atoms with E-state index in [4.69, 9.17) is 0 Å². The van der Waals surface area contributed by atoms with Gasteiger partial charge in [-0.2, -0.15) is 0 Å². The van der Waals surface area contributed by atoms with Crippen LogP contribution in [0.5, 0.6) is 0 Å². The summed E-state index contributed by atoms with van der Waals surface area (Å²) in [5.41, 5.74) is 3.17. The number of hydrogen-bond acceptors (Lipinski definition) is 1. The molecule has 0 aliphatic rings. The monoisotopic (exact) mass is 300 g/mol. The minimum Gasteiger partial charge on any atom is -0.387 e.